The number of nitrogens with one attached hydrogen (secondary N) is 2. The number of likely N-dealkylation sites (N-methyl/N-ethyl adjacent to an activating group) is 1. The Morgan fingerprint density at radius 2 is 2.35 bits per heavy atom. The van der Waals surface area contributed by atoms with Gasteiger partial charge in [0.25, 0.3) is 0 Å². The third-order valence-electron chi connectivity index (χ3n) is 2.35. The fraction of sp³-hybridized carbons (Fsp3) is 0.273. The van der Waals surface area contributed by atoms with E-state index in [1.54, 1.807) is 0 Å². The largest absolute Gasteiger partial charge is 0.395 e. The van der Waals surface area contributed by atoms with Crippen molar-refractivity contribution in [3.8, 4) is 0 Å². The number of aliphatic hydroxyl groups is 1. The summed E-state index contributed by atoms with van der Waals surface area (Å²) in [6.07, 6.45) is 5.18. The summed E-state index contributed by atoms with van der Waals surface area (Å²) in [6, 6.07) is 3.75. The van der Waals surface area contributed by atoms with Crippen LogP contribution in [0.2, 0.25) is 0 Å². The molecule has 6 heteroatoms. The van der Waals surface area contributed by atoms with Crippen molar-refractivity contribution in [2.24, 2.45) is 0 Å². The molecular formula is C11H15N5O. The number of aromatic nitrogens is 3. The summed E-state index contributed by atoms with van der Waals surface area (Å²) in [5.74, 6) is 1.49. The van der Waals surface area contributed by atoms with E-state index in [4.69, 9.17) is 5.11 Å². The van der Waals surface area contributed by atoms with E-state index >= 15 is 0 Å². The summed E-state index contributed by atoms with van der Waals surface area (Å²) in [5.41, 5.74) is 0.944. The second kappa shape index (κ2) is 5.31. The van der Waals surface area contributed by atoms with Crippen molar-refractivity contribution in [1.29, 1.82) is 0 Å². The molecule has 90 valence electrons. The van der Waals surface area contributed by atoms with E-state index in [0.29, 0.717) is 6.54 Å². The zero-order valence-corrected chi connectivity index (χ0v) is 9.59. The first kappa shape index (κ1) is 11.4. The zero-order valence-electron chi connectivity index (χ0n) is 9.59. The van der Waals surface area contributed by atoms with Crippen LogP contribution in [-0.2, 0) is 0 Å². The fourth-order valence-corrected chi connectivity index (χ4v) is 1.44. The quantitative estimate of drug-likeness (QED) is 0.717. The van der Waals surface area contributed by atoms with Crippen LogP contribution >= 0.6 is 0 Å². The minimum absolute atomic E-state index is 0.0983. The molecule has 0 radical (unpaired) electrons. The Morgan fingerprint density at radius 3 is 3.06 bits per heavy atom. The number of hydrogen-bond acceptors (Lipinski definition) is 5. The molecular weight excluding hydrogens is 218 g/mol. The first-order chi connectivity index (χ1) is 8.29. The van der Waals surface area contributed by atoms with Gasteiger partial charge in [-0.2, -0.15) is 0 Å². The van der Waals surface area contributed by atoms with Crippen LogP contribution in [0.15, 0.2) is 30.9 Å². The van der Waals surface area contributed by atoms with Crippen LogP contribution in [0.3, 0.4) is 0 Å². The summed E-state index contributed by atoms with van der Waals surface area (Å²) in [4.78, 5) is 13.1. The molecule has 2 heterocycles. The lowest BCUT2D eigenvalue weighted by Gasteiger charge is -2.16. The molecule has 0 aliphatic rings. The van der Waals surface area contributed by atoms with Gasteiger partial charge in [-0.1, -0.05) is 0 Å². The van der Waals surface area contributed by atoms with Crippen molar-refractivity contribution in [3.05, 3.63) is 30.9 Å². The van der Waals surface area contributed by atoms with Gasteiger partial charge in [-0.25, -0.2) is 9.97 Å². The molecule has 2 aromatic rings. The Bertz CT molecular complexity index is 457. The average Bonchev–Trinajstić information content (AvgIpc) is 2.82. The van der Waals surface area contributed by atoms with E-state index in [1.165, 1.54) is 6.33 Å². The molecule has 0 aliphatic heterocycles. The lowest BCUT2D eigenvalue weighted by Crippen LogP contribution is -2.22. The predicted molar refractivity (Wildman–Crippen MR) is 66.5 cm³/mol. The monoisotopic (exact) mass is 233 g/mol. The number of aliphatic hydroxyl groups excluding tert-OH is 1. The molecule has 6 nitrogen and oxygen atoms in total. The van der Waals surface area contributed by atoms with E-state index in [1.807, 2.05) is 36.5 Å². The standard InChI is InChI=1S/C11H15N5O/c1-16(4-5-17)11-6-10(13-8-14-11)15-9-2-3-12-7-9/h2-3,6-8,12,17H,4-5H2,1H3,(H,13,14,15). The molecule has 3 N–H and O–H groups in total. The Morgan fingerprint density at radius 1 is 1.47 bits per heavy atom. The van der Waals surface area contributed by atoms with Crippen molar-refractivity contribution in [1.82, 2.24) is 15.0 Å². The lowest BCUT2D eigenvalue weighted by atomic mass is 10.4. The van der Waals surface area contributed by atoms with Gasteiger partial charge in [0, 0.05) is 32.1 Å². The maximum Gasteiger partial charge on any atom is 0.135 e. The van der Waals surface area contributed by atoms with Gasteiger partial charge in [-0.3, -0.25) is 0 Å². The van der Waals surface area contributed by atoms with Crippen molar-refractivity contribution in [2.45, 2.75) is 0 Å². The Hall–Kier alpha value is -2.08. The third-order valence-corrected chi connectivity index (χ3v) is 2.35. The third kappa shape index (κ3) is 2.94. The van der Waals surface area contributed by atoms with Crippen LogP contribution in [0.1, 0.15) is 0 Å². The number of aromatic amines is 1. The van der Waals surface area contributed by atoms with Crippen LogP contribution in [0, 0.1) is 0 Å². The van der Waals surface area contributed by atoms with Crippen LogP contribution in [0.5, 0.6) is 0 Å². The van der Waals surface area contributed by atoms with Gasteiger partial charge in [-0.05, 0) is 6.07 Å². The van der Waals surface area contributed by atoms with Crippen LogP contribution < -0.4 is 10.2 Å². The second-order valence-electron chi connectivity index (χ2n) is 3.63. The summed E-state index contributed by atoms with van der Waals surface area (Å²) < 4.78 is 0. The molecule has 0 saturated heterocycles. The first-order valence-electron chi connectivity index (χ1n) is 5.33. The molecule has 0 saturated carbocycles. The molecule has 0 fully saturated rings. The molecule has 0 aliphatic carbocycles. The molecule has 0 unspecified atom stereocenters. The number of anilines is 3. The highest BCUT2D eigenvalue weighted by molar-refractivity contribution is 5.58. The van der Waals surface area contributed by atoms with Crippen molar-refractivity contribution in [3.63, 3.8) is 0 Å². The van der Waals surface area contributed by atoms with Gasteiger partial charge in [0.1, 0.15) is 18.0 Å². The maximum absolute atomic E-state index is 8.87. The number of rotatable bonds is 5. The van der Waals surface area contributed by atoms with Crippen molar-refractivity contribution >= 4 is 17.3 Å². The summed E-state index contributed by atoms with van der Waals surface area (Å²) in [5, 5.41) is 12.0. The number of nitrogens with zero attached hydrogens (tertiary/aromatic N) is 3. The first-order valence-corrected chi connectivity index (χ1v) is 5.33. The summed E-state index contributed by atoms with van der Waals surface area (Å²) in [6.45, 7) is 0.641. The minimum atomic E-state index is 0.0983. The topological polar surface area (TPSA) is 77.1 Å². The van der Waals surface area contributed by atoms with Gasteiger partial charge in [0.05, 0.1) is 12.3 Å². The smallest absolute Gasteiger partial charge is 0.135 e. The van der Waals surface area contributed by atoms with Gasteiger partial charge < -0.3 is 20.3 Å². The molecule has 17 heavy (non-hydrogen) atoms. The molecule has 0 atom stereocenters. The van der Waals surface area contributed by atoms with Gasteiger partial charge >= 0.3 is 0 Å². The highest BCUT2D eigenvalue weighted by Crippen LogP contribution is 2.16. The fourth-order valence-electron chi connectivity index (χ4n) is 1.44. The van der Waals surface area contributed by atoms with Crippen LogP contribution in [0.4, 0.5) is 17.3 Å². The molecule has 0 bridgehead atoms. The number of H-pyrrole nitrogens is 1. The molecule has 0 aromatic carbocycles. The van der Waals surface area contributed by atoms with Crippen LogP contribution in [0.25, 0.3) is 0 Å². The van der Waals surface area contributed by atoms with E-state index in [0.717, 1.165) is 17.3 Å². The van der Waals surface area contributed by atoms with E-state index < -0.39 is 0 Å². The van der Waals surface area contributed by atoms with Crippen molar-refractivity contribution in [2.75, 3.05) is 30.4 Å². The Labute approximate surface area is 99.3 Å². The zero-order chi connectivity index (χ0) is 12.1. The normalized spacial score (nSPS) is 10.2. The molecule has 0 amide bonds. The van der Waals surface area contributed by atoms with Gasteiger partial charge in [0.15, 0.2) is 0 Å². The average molecular weight is 233 g/mol. The number of hydrogen-bond donors (Lipinski definition) is 3. The molecule has 0 spiro atoms. The SMILES string of the molecule is CN(CCO)c1cc(Nc2cc[nH]c2)ncn1. The predicted octanol–water partition coefficient (Wildman–Crippen LogP) is 0.977. The van der Waals surface area contributed by atoms with E-state index in [2.05, 4.69) is 20.3 Å². The second-order valence-corrected chi connectivity index (χ2v) is 3.63. The highest BCUT2D eigenvalue weighted by Gasteiger charge is 2.04. The Balaban J connectivity index is 2.11. The van der Waals surface area contributed by atoms with Crippen molar-refractivity contribution < 1.29 is 5.11 Å². The maximum atomic E-state index is 8.87. The molecule has 2 rings (SSSR count). The lowest BCUT2D eigenvalue weighted by molar-refractivity contribution is 0.304. The summed E-state index contributed by atoms with van der Waals surface area (Å²) in [7, 11) is 1.87. The highest BCUT2D eigenvalue weighted by atomic mass is 16.3. The minimum Gasteiger partial charge on any atom is -0.395 e. The van der Waals surface area contributed by atoms with Gasteiger partial charge in [-0.15, -0.1) is 0 Å². The van der Waals surface area contributed by atoms with E-state index in [9.17, 15) is 0 Å². The summed E-state index contributed by atoms with van der Waals surface area (Å²) >= 11 is 0. The molecule has 2 aromatic heterocycles. The van der Waals surface area contributed by atoms with E-state index in [-0.39, 0.29) is 6.61 Å². The van der Waals surface area contributed by atoms with Gasteiger partial charge in [0.2, 0.25) is 0 Å². The Kier molecular flexibility index (Phi) is 3.56. The van der Waals surface area contributed by atoms with Crippen LogP contribution in [-0.4, -0.2) is 40.3 Å².